The lowest BCUT2D eigenvalue weighted by molar-refractivity contribution is 0.0995. The number of fused-ring (bicyclic) bond motifs is 1. The van der Waals surface area contributed by atoms with Gasteiger partial charge in [0.1, 0.15) is 12.9 Å². The number of carbonyl (C=O) groups excluding carboxylic acids is 1. The Bertz CT molecular complexity index is 1340. The molecule has 1 aliphatic rings. The van der Waals surface area contributed by atoms with E-state index in [9.17, 15) is 9.36 Å². The van der Waals surface area contributed by atoms with Crippen molar-refractivity contribution in [3.8, 4) is 5.75 Å². The van der Waals surface area contributed by atoms with Gasteiger partial charge in [0.2, 0.25) is 5.95 Å². The first kappa shape index (κ1) is 24.6. The van der Waals surface area contributed by atoms with Crippen LogP contribution in [0.4, 0.5) is 23.1 Å². The fourth-order valence-electron chi connectivity index (χ4n) is 4.20. The number of anilines is 4. The lowest BCUT2D eigenvalue weighted by Crippen LogP contribution is -2.38. The molecule has 0 bridgehead atoms. The predicted molar refractivity (Wildman–Crippen MR) is 138 cm³/mol. The number of hydrogen-bond acceptors (Lipinski definition) is 9. The highest BCUT2D eigenvalue weighted by Crippen LogP contribution is 2.39. The highest BCUT2D eigenvalue weighted by atomic mass is 31.2. The third-order valence-corrected chi connectivity index (χ3v) is 7.49. The van der Waals surface area contributed by atoms with Crippen molar-refractivity contribution in [2.75, 3.05) is 37.6 Å². The number of aromatic nitrogens is 3. The van der Waals surface area contributed by atoms with Gasteiger partial charge in [0.25, 0.3) is 5.91 Å². The molecule has 0 saturated carbocycles. The van der Waals surface area contributed by atoms with E-state index < -0.39 is 13.0 Å². The normalized spacial score (nSPS) is 14.7. The van der Waals surface area contributed by atoms with E-state index in [0.29, 0.717) is 22.4 Å². The molecule has 4 rings (SSSR count). The largest absolute Gasteiger partial charge is 0.495 e. The van der Waals surface area contributed by atoms with Crippen LogP contribution in [-0.2, 0) is 16.5 Å². The molecule has 0 atom stereocenters. The molecule has 2 heterocycles. The first-order valence-electron chi connectivity index (χ1n) is 11.1. The van der Waals surface area contributed by atoms with Crippen molar-refractivity contribution < 1.29 is 14.1 Å². The van der Waals surface area contributed by atoms with Crippen molar-refractivity contribution >= 4 is 41.5 Å². The van der Waals surface area contributed by atoms with Gasteiger partial charge in [-0.1, -0.05) is 26.0 Å². The van der Waals surface area contributed by atoms with Crippen LogP contribution in [0.3, 0.4) is 0 Å². The number of benzene rings is 2. The Morgan fingerprint density at radius 2 is 1.89 bits per heavy atom. The van der Waals surface area contributed by atoms with Gasteiger partial charge < -0.3 is 31.0 Å². The van der Waals surface area contributed by atoms with Gasteiger partial charge in [0, 0.05) is 23.8 Å². The lowest BCUT2D eigenvalue weighted by atomic mass is 9.79. The molecule has 184 valence electrons. The van der Waals surface area contributed by atoms with E-state index in [1.807, 2.05) is 12.1 Å². The van der Waals surface area contributed by atoms with E-state index in [2.05, 4.69) is 45.0 Å². The number of primary amides is 1. The van der Waals surface area contributed by atoms with Gasteiger partial charge in [-0.2, -0.15) is 4.98 Å². The summed E-state index contributed by atoms with van der Waals surface area (Å²) in [6.07, 6.45) is 0. The topological polar surface area (TPSA) is 144 Å². The summed E-state index contributed by atoms with van der Waals surface area (Å²) < 4.78 is 18.4. The molecule has 1 amide bonds. The molecule has 0 unspecified atom stereocenters. The summed E-state index contributed by atoms with van der Waals surface area (Å²) >= 11 is 0. The van der Waals surface area contributed by atoms with Crippen molar-refractivity contribution in [2.24, 2.45) is 5.73 Å². The van der Waals surface area contributed by atoms with Crippen LogP contribution in [0.25, 0.3) is 0 Å². The number of hydrogen-bond donors (Lipinski definition) is 4. The second-order valence-corrected chi connectivity index (χ2v) is 12.7. The third-order valence-electron chi connectivity index (χ3n) is 5.94. The Morgan fingerprint density at radius 3 is 2.57 bits per heavy atom. The number of nitrogens with zero attached hydrogens (tertiary/aromatic N) is 3. The molecule has 3 aromatic rings. The molecule has 1 aliphatic heterocycles. The number of nitrogens with two attached hydrogens (primary N) is 1. The maximum Gasteiger partial charge on any atom is 0.273 e. The molecular formula is C24H30N7O3P. The summed E-state index contributed by atoms with van der Waals surface area (Å²) in [5.74, 6) is 0.106. The predicted octanol–water partition coefficient (Wildman–Crippen LogP) is 3.10. The molecule has 0 saturated heterocycles. The minimum Gasteiger partial charge on any atom is -0.495 e. The summed E-state index contributed by atoms with van der Waals surface area (Å²) in [5.41, 5.74) is 8.92. The molecule has 1 aromatic heterocycles. The van der Waals surface area contributed by atoms with Gasteiger partial charge in [-0.3, -0.25) is 4.79 Å². The molecule has 0 radical (unpaired) electrons. The molecule has 0 fully saturated rings. The third kappa shape index (κ3) is 5.13. The molecule has 2 aromatic carbocycles. The van der Waals surface area contributed by atoms with Crippen molar-refractivity contribution in [3.05, 3.63) is 53.2 Å². The first-order chi connectivity index (χ1) is 16.5. The Morgan fingerprint density at radius 1 is 1.14 bits per heavy atom. The number of nitrogens with one attached hydrogen (secondary N) is 3. The molecule has 0 aliphatic carbocycles. The summed E-state index contributed by atoms with van der Waals surface area (Å²) in [4.78, 5) is 16.5. The molecular weight excluding hydrogens is 465 g/mol. The van der Waals surface area contributed by atoms with Crippen LogP contribution in [0, 0.1) is 0 Å². The summed E-state index contributed by atoms with van der Waals surface area (Å²) in [7, 11) is -1.01. The number of ether oxygens (including phenoxy) is 1. The summed E-state index contributed by atoms with van der Waals surface area (Å²) in [6, 6.07) is 11.2. The number of carbonyl (C=O) groups is 1. The highest BCUT2D eigenvalue weighted by Gasteiger charge is 2.29. The van der Waals surface area contributed by atoms with E-state index >= 15 is 0 Å². The van der Waals surface area contributed by atoms with Gasteiger partial charge in [0.15, 0.2) is 11.5 Å². The molecule has 11 heteroatoms. The minimum atomic E-state index is -2.61. The monoisotopic (exact) mass is 495 g/mol. The summed E-state index contributed by atoms with van der Waals surface area (Å²) in [5, 5.41) is 18.3. The Kier molecular flexibility index (Phi) is 6.53. The molecule has 35 heavy (non-hydrogen) atoms. The standard InChI is InChI=1S/C24H30N7O3P/c1-24(2)13-26-12-14-10-17(18(34-3)11-15(14)24)28-23-29-22(20(21(25)32)30-31-23)27-16-8-6-7-9-19(16)35(4,5)33/h6-11,26H,12-13H2,1-5H3,(H2,25,32)(H2,27,28,29,31). The first-order valence-corrected chi connectivity index (χ1v) is 13.7. The SMILES string of the molecule is COc1cc2c(cc1Nc1nnc(C(N)=O)c(Nc3ccccc3P(C)(C)=O)n1)CNCC2(C)C. The van der Waals surface area contributed by atoms with Crippen molar-refractivity contribution in [3.63, 3.8) is 0 Å². The Balaban J connectivity index is 1.73. The minimum absolute atomic E-state index is 0.0386. The van der Waals surface area contributed by atoms with Gasteiger partial charge in [-0.25, -0.2) is 0 Å². The van der Waals surface area contributed by atoms with Crippen LogP contribution in [0.2, 0.25) is 0 Å². The maximum absolute atomic E-state index is 12.8. The fourth-order valence-corrected chi connectivity index (χ4v) is 5.36. The zero-order valence-corrected chi connectivity index (χ0v) is 21.4. The number of para-hydroxylation sites is 1. The van der Waals surface area contributed by atoms with Crippen LogP contribution < -0.4 is 31.7 Å². The van der Waals surface area contributed by atoms with Gasteiger partial charge >= 0.3 is 0 Å². The van der Waals surface area contributed by atoms with Crippen LogP contribution in [0.5, 0.6) is 5.75 Å². The van der Waals surface area contributed by atoms with Crippen LogP contribution in [-0.4, -0.2) is 48.1 Å². The maximum atomic E-state index is 12.8. The van der Waals surface area contributed by atoms with E-state index in [0.717, 1.165) is 18.7 Å². The fraction of sp³-hybridized carbons (Fsp3) is 0.333. The smallest absolute Gasteiger partial charge is 0.273 e. The van der Waals surface area contributed by atoms with Gasteiger partial charge in [0.05, 0.1) is 18.5 Å². The zero-order chi connectivity index (χ0) is 25.4. The van der Waals surface area contributed by atoms with E-state index in [1.54, 1.807) is 44.7 Å². The van der Waals surface area contributed by atoms with E-state index in [1.165, 1.54) is 5.56 Å². The van der Waals surface area contributed by atoms with Crippen molar-refractivity contribution in [2.45, 2.75) is 25.8 Å². The van der Waals surface area contributed by atoms with Gasteiger partial charge in [-0.05, 0) is 48.7 Å². The summed E-state index contributed by atoms with van der Waals surface area (Å²) in [6.45, 7) is 9.31. The number of rotatable bonds is 7. The number of methoxy groups -OCH3 is 1. The second kappa shape index (κ2) is 9.28. The molecule has 5 N–H and O–H groups in total. The molecule has 0 spiro atoms. The van der Waals surface area contributed by atoms with Crippen LogP contribution >= 0.6 is 7.14 Å². The Hall–Kier alpha value is -3.49. The molecule has 10 nitrogen and oxygen atoms in total. The van der Waals surface area contributed by atoms with E-state index in [4.69, 9.17) is 10.5 Å². The zero-order valence-electron chi connectivity index (χ0n) is 20.5. The highest BCUT2D eigenvalue weighted by molar-refractivity contribution is 7.70. The van der Waals surface area contributed by atoms with Crippen LogP contribution in [0.15, 0.2) is 36.4 Å². The van der Waals surface area contributed by atoms with Crippen molar-refractivity contribution in [1.82, 2.24) is 20.5 Å². The van der Waals surface area contributed by atoms with Crippen molar-refractivity contribution in [1.29, 1.82) is 0 Å². The Labute approximate surface area is 204 Å². The van der Waals surface area contributed by atoms with Gasteiger partial charge in [-0.15, -0.1) is 10.2 Å². The van der Waals surface area contributed by atoms with E-state index in [-0.39, 0.29) is 22.9 Å². The van der Waals surface area contributed by atoms with Crippen LogP contribution in [0.1, 0.15) is 35.5 Å². The average Bonchev–Trinajstić information content (AvgIpc) is 2.78. The lowest BCUT2D eigenvalue weighted by Gasteiger charge is -2.34. The quantitative estimate of drug-likeness (QED) is 0.363. The number of amides is 1. The average molecular weight is 496 g/mol. The second-order valence-electron chi connectivity index (χ2n) is 9.51.